The van der Waals surface area contributed by atoms with Gasteiger partial charge in [-0.3, -0.25) is 24.6 Å². The molecule has 2 aromatic carbocycles. The molecule has 2 aromatic rings. The van der Waals surface area contributed by atoms with Crippen LogP contribution >= 0.6 is 28.1 Å². The average Bonchev–Trinajstić information content (AvgIpc) is 2.65. The second-order valence-corrected chi connectivity index (χ2v) is 6.98. The van der Waals surface area contributed by atoms with Crippen LogP contribution in [0.5, 0.6) is 5.75 Å². The summed E-state index contributed by atoms with van der Waals surface area (Å²) in [7, 11) is 0. The van der Waals surface area contributed by atoms with Crippen LogP contribution < -0.4 is 20.7 Å². The quantitative estimate of drug-likeness (QED) is 0.405. The van der Waals surface area contributed by atoms with E-state index < -0.39 is 17.7 Å². The molecule has 7 nitrogen and oxygen atoms in total. The lowest BCUT2D eigenvalue weighted by Gasteiger charge is -2.28. The van der Waals surface area contributed by atoms with Gasteiger partial charge in [-0.2, -0.15) is 0 Å². The number of ether oxygens (including phenoxy) is 1. The van der Waals surface area contributed by atoms with Crippen molar-refractivity contribution >= 4 is 62.7 Å². The zero-order chi connectivity index (χ0) is 20.3. The van der Waals surface area contributed by atoms with E-state index in [0.717, 1.165) is 0 Å². The molecule has 0 bridgehead atoms. The molecule has 1 aliphatic rings. The second kappa shape index (κ2) is 8.32. The van der Waals surface area contributed by atoms with Crippen molar-refractivity contribution in [1.82, 2.24) is 5.32 Å². The summed E-state index contributed by atoms with van der Waals surface area (Å²) in [6, 6.07) is 13.7. The van der Waals surface area contributed by atoms with Crippen LogP contribution in [0.25, 0.3) is 6.08 Å². The van der Waals surface area contributed by atoms with E-state index in [9.17, 15) is 14.4 Å². The van der Waals surface area contributed by atoms with Crippen LogP contribution in [0.3, 0.4) is 0 Å². The lowest BCUT2D eigenvalue weighted by Crippen LogP contribution is -2.54. The Labute approximate surface area is 174 Å². The molecule has 28 heavy (non-hydrogen) atoms. The number of nitrogens with two attached hydrogens (primary N) is 1. The number of hydrogen-bond acceptors (Lipinski definition) is 5. The fraction of sp³-hybridized carbons (Fsp3) is 0.0526. The zero-order valence-corrected chi connectivity index (χ0v) is 16.7. The van der Waals surface area contributed by atoms with Crippen molar-refractivity contribution in [3.63, 3.8) is 0 Å². The molecule has 3 rings (SSSR count). The largest absolute Gasteiger partial charge is 0.483 e. The molecule has 0 saturated carbocycles. The Balaban J connectivity index is 1.91. The number of rotatable bonds is 5. The van der Waals surface area contributed by atoms with Crippen molar-refractivity contribution in [2.75, 3.05) is 11.5 Å². The van der Waals surface area contributed by atoms with E-state index >= 15 is 0 Å². The van der Waals surface area contributed by atoms with Crippen molar-refractivity contribution < 1.29 is 19.1 Å². The van der Waals surface area contributed by atoms with Gasteiger partial charge < -0.3 is 10.5 Å². The number of amides is 3. The lowest BCUT2D eigenvalue weighted by molar-refractivity contribution is -0.122. The highest BCUT2D eigenvalue weighted by Gasteiger charge is 2.34. The molecule has 0 aromatic heterocycles. The normalized spacial score (nSPS) is 15.5. The summed E-state index contributed by atoms with van der Waals surface area (Å²) in [5, 5.41) is 2.55. The molecule has 0 unspecified atom stereocenters. The fourth-order valence-corrected chi connectivity index (χ4v) is 3.30. The molecular formula is C19H14BrN3O4S. The number of hydrogen-bond donors (Lipinski definition) is 2. The van der Waals surface area contributed by atoms with Gasteiger partial charge in [0.25, 0.3) is 17.7 Å². The van der Waals surface area contributed by atoms with E-state index in [2.05, 4.69) is 21.2 Å². The van der Waals surface area contributed by atoms with Crippen LogP contribution in [0, 0.1) is 0 Å². The van der Waals surface area contributed by atoms with E-state index in [1.807, 2.05) is 6.07 Å². The van der Waals surface area contributed by atoms with Crippen molar-refractivity contribution in [1.29, 1.82) is 0 Å². The van der Waals surface area contributed by atoms with Gasteiger partial charge in [0, 0.05) is 0 Å². The topological polar surface area (TPSA) is 102 Å². The van der Waals surface area contributed by atoms with E-state index in [4.69, 9.17) is 22.7 Å². The van der Waals surface area contributed by atoms with Gasteiger partial charge >= 0.3 is 0 Å². The molecule has 1 aliphatic heterocycles. The van der Waals surface area contributed by atoms with Crippen LogP contribution in [0.4, 0.5) is 5.69 Å². The Morgan fingerprint density at radius 3 is 2.57 bits per heavy atom. The molecule has 0 radical (unpaired) electrons. The Hall–Kier alpha value is -3.04. The Morgan fingerprint density at radius 1 is 1.21 bits per heavy atom. The first-order valence-corrected chi connectivity index (χ1v) is 9.24. The van der Waals surface area contributed by atoms with E-state index in [1.165, 1.54) is 11.0 Å². The first kappa shape index (κ1) is 19.7. The monoisotopic (exact) mass is 459 g/mol. The second-order valence-electron chi connectivity index (χ2n) is 5.74. The summed E-state index contributed by atoms with van der Waals surface area (Å²) < 4.78 is 5.80. The third-order valence-corrected chi connectivity index (χ3v) is 4.66. The maximum Gasteiger partial charge on any atom is 0.270 e. The van der Waals surface area contributed by atoms with Gasteiger partial charge in [0.1, 0.15) is 11.3 Å². The van der Waals surface area contributed by atoms with Gasteiger partial charge in [-0.25, -0.2) is 0 Å². The minimum Gasteiger partial charge on any atom is -0.483 e. The third-order valence-electron chi connectivity index (χ3n) is 3.75. The highest BCUT2D eigenvalue weighted by Crippen LogP contribution is 2.28. The van der Waals surface area contributed by atoms with Gasteiger partial charge in [0.15, 0.2) is 11.7 Å². The number of carbonyl (C=O) groups is 3. The predicted octanol–water partition coefficient (Wildman–Crippen LogP) is 2.14. The first-order chi connectivity index (χ1) is 13.4. The minimum atomic E-state index is -0.598. The molecule has 1 fully saturated rings. The van der Waals surface area contributed by atoms with Crippen LogP contribution in [-0.4, -0.2) is 29.4 Å². The fourth-order valence-electron chi connectivity index (χ4n) is 2.51. The highest BCUT2D eigenvalue weighted by atomic mass is 79.9. The van der Waals surface area contributed by atoms with Crippen molar-refractivity contribution in [3.05, 3.63) is 64.1 Å². The van der Waals surface area contributed by atoms with Crippen LogP contribution in [0.1, 0.15) is 5.56 Å². The van der Waals surface area contributed by atoms with Crippen molar-refractivity contribution in [2.45, 2.75) is 0 Å². The number of anilines is 1. The molecule has 0 aliphatic carbocycles. The molecule has 0 spiro atoms. The number of nitrogens with one attached hydrogen (secondary N) is 1. The Morgan fingerprint density at radius 2 is 1.93 bits per heavy atom. The first-order valence-electron chi connectivity index (χ1n) is 8.04. The molecule has 142 valence electrons. The van der Waals surface area contributed by atoms with Crippen molar-refractivity contribution in [2.24, 2.45) is 5.73 Å². The number of benzene rings is 2. The maximum atomic E-state index is 12.9. The molecule has 3 amide bonds. The number of carbonyl (C=O) groups excluding carboxylic acids is 3. The minimum absolute atomic E-state index is 0.0229. The van der Waals surface area contributed by atoms with Crippen molar-refractivity contribution in [3.8, 4) is 5.75 Å². The maximum absolute atomic E-state index is 12.9. The van der Waals surface area contributed by atoms with Gasteiger partial charge in [-0.1, -0.05) is 24.3 Å². The number of primary amides is 1. The SMILES string of the molecule is NC(=O)COc1ccc(/C=C2/C(=O)NC(=S)N(c3ccccc3)C2=O)cc1Br. The van der Waals surface area contributed by atoms with Crippen LogP contribution in [0.2, 0.25) is 0 Å². The van der Waals surface area contributed by atoms with E-state index in [0.29, 0.717) is 21.5 Å². The van der Waals surface area contributed by atoms with Gasteiger partial charge in [0.05, 0.1) is 10.2 Å². The predicted molar refractivity (Wildman–Crippen MR) is 111 cm³/mol. The molecule has 0 atom stereocenters. The Bertz CT molecular complexity index is 1010. The van der Waals surface area contributed by atoms with Gasteiger partial charge in [-0.15, -0.1) is 0 Å². The smallest absolute Gasteiger partial charge is 0.270 e. The molecule has 9 heteroatoms. The molecule has 1 heterocycles. The molecular weight excluding hydrogens is 446 g/mol. The summed E-state index contributed by atoms with van der Waals surface area (Å²) in [5.74, 6) is -1.29. The van der Waals surface area contributed by atoms with Gasteiger partial charge in [0.2, 0.25) is 0 Å². The summed E-state index contributed by atoms with van der Waals surface area (Å²) in [4.78, 5) is 37.3. The molecule has 3 N–H and O–H groups in total. The third kappa shape index (κ3) is 4.26. The lowest BCUT2D eigenvalue weighted by atomic mass is 10.1. The van der Waals surface area contributed by atoms with Gasteiger partial charge in [-0.05, 0) is 64.1 Å². The number of para-hydroxylation sites is 1. The number of nitrogens with zero attached hydrogens (tertiary/aromatic N) is 1. The number of thiocarbonyl (C=S) groups is 1. The van der Waals surface area contributed by atoms with E-state index in [-0.39, 0.29) is 17.3 Å². The van der Waals surface area contributed by atoms with Crippen LogP contribution in [-0.2, 0) is 14.4 Å². The standard InChI is InChI=1S/C19H14BrN3O4S/c20-14-9-11(6-7-15(14)27-10-16(21)24)8-13-17(25)22-19(28)23(18(13)26)12-4-2-1-3-5-12/h1-9H,10H2,(H2,21,24)(H,22,25,28)/b13-8-. The van der Waals surface area contributed by atoms with E-state index in [1.54, 1.807) is 42.5 Å². The summed E-state index contributed by atoms with van der Waals surface area (Å²) in [6.45, 7) is -0.261. The summed E-state index contributed by atoms with van der Waals surface area (Å²) in [5.41, 5.74) is 6.14. The average molecular weight is 460 g/mol. The Kier molecular flexibility index (Phi) is 5.86. The number of halogens is 1. The zero-order valence-electron chi connectivity index (χ0n) is 14.3. The summed E-state index contributed by atoms with van der Waals surface area (Å²) in [6.07, 6.45) is 1.46. The van der Waals surface area contributed by atoms with Crippen LogP contribution in [0.15, 0.2) is 58.6 Å². The molecule has 1 saturated heterocycles. The summed E-state index contributed by atoms with van der Waals surface area (Å²) >= 11 is 8.48. The highest BCUT2D eigenvalue weighted by molar-refractivity contribution is 9.10.